The van der Waals surface area contributed by atoms with Gasteiger partial charge in [0.25, 0.3) is 0 Å². The summed E-state index contributed by atoms with van der Waals surface area (Å²) in [7, 11) is 0. The van der Waals surface area contributed by atoms with Crippen molar-refractivity contribution in [1.29, 1.82) is 0 Å². The van der Waals surface area contributed by atoms with E-state index < -0.39 is 11.6 Å². The summed E-state index contributed by atoms with van der Waals surface area (Å²) < 4.78 is 0. The predicted octanol–water partition coefficient (Wildman–Crippen LogP) is 0.748. The van der Waals surface area contributed by atoms with E-state index in [1.165, 1.54) is 12.1 Å². The lowest BCUT2D eigenvalue weighted by Gasteiger charge is -2.21. The topological polar surface area (TPSA) is 95.3 Å². The molecule has 0 amide bonds. The molecular formula is C10H15N3O3. The molecule has 6 nitrogen and oxygen atoms in total. The van der Waals surface area contributed by atoms with E-state index in [9.17, 15) is 9.90 Å². The molecule has 0 radical (unpaired) electrons. The Kier molecular flexibility index (Phi) is 3.78. The summed E-state index contributed by atoms with van der Waals surface area (Å²) in [6, 6.07) is 2.88. The van der Waals surface area contributed by atoms with Crippen molar-refractivity contribution in [2.45, 2.75) is 25.9 Å². The Bertz CT molecular complexity index is 362. The van der Waals surface area contributed by atoms with Gasteiger partial charge in [0, 0.05) is 6.54 Å². The van der Waals surface area contributed by atoms with Crippen LogP contribution in [-0.2, 0) is 0 Å². The lowest BCUT2D eigenvalue weighted by Crippen LogP contribution is -2.32. The van der Waals surface area contributed by atoms with E-state index in [1.54, 1.807) is 6.92 Å². The molecule has 1 rings (SSSR count). The standard InChI is InChI=1S/C10H15N3O3/c1-3-10(2,16)6-11-8-5-4-7(9(14)15)12-13-8/h4-5,16H,3,6H2,1-2H3,(H,11,13)(H,14,15). The van der Waals surface area contributed by atoms with Gasteiger partial charge in [-0.05, 0) is 25.5 Å². The fourth-order valence-corrected chi connectivity index (χ4v) is 0.947. The first-order chi connectivity index (χ1) is 7.44. The first kappa shape index (κ1) is 12.4. The van der Waals surface area contributed by atoms with Crippen molar-refractivity contribution in [3.8, 4) is 0 Å². The molecule has 0 saturated carbocycles. The molecule has 0 aliphatic heterocycles. The van der Waals surface area contributed by atoms with Crippen LogP contribution in [0, 0.1) is 0 Å². The summed E-state index contributed by atoms with van der Waals surface area (Å²) in [5.74, 6) is -0.668. The van der Waals surface area contributed by atoms with Gasteiger partial charge in [-0.25, -0.2) is 4.79 Å². The highest BCUT2D eigenvalue weighted by Gasteiger charge is 2.17. The summed E-state index contributed by atoms with van der Waals surface area (Å²) in [5, 5.41) is 28.4. The van der Waals surface area contributed by atoms with Crippen LogP contribution >= 0.6 is 0 Å². The Labute approximate surface area is 93.3 Å². The van der Waals surface area contributed by atoms with Gasteiger partial charge < -0.3 is 15.5 Å². The van der Waals surface area contributed by atoms with Crippen LogP contribution < -0.4 is 5.32 Å². The maximum Gasteiger partial charge on any atom is 0.356 e. The Morgan fingerprint density at radius 1 is 1.50 bits per heavy atom. The highest BCUT2D eigenvalue weighted by molar-refractivity contribution is 5.85. The summed E-state index contributed by atoms with van der Waals surface area (Å²) in [4.78, 5) is 10.5. The number of carbonyl (C=O) groups is 1. The van der Waals surface area contributed by atoms with E-state index in [0.29, 0.717) is 18.8 Å². The van der Waals surface area contributed by atoms with Gasteiger partial charge in [-0.3, -0.25) is 0 Å². The van der Waals surface area contributed by atoms with Crippen LogP contribution in [0.1, 0.15) is 30.8 Å². The monoisotopic (exact) mass is 225 g/mol. The van der Waals surface area contributed by atoms with Crippen LogP contribution in [-0.4, -0.2) is 38.5 Å². The van der Waals surface area contributed by atoms with Crippen LogP contribution in [0.3, 0.4) is 0 Å². The van der Waals surface area contributed by atoms with Crippen molar-refractivity contribution >= 4 is 11.8 Å². The number of carboxylic acids is 1. The quantitative estimate of drug-likeness (QED) is 0.684. The molecule has 1 aromatic heterocycles. The van der Waals surface area contributed by atoms with Gasteiger partial charge in [0.1, 0.15) is 5.82 Å². The van der Waals surface area contributed by atoms with Gasteiger partial charge in [0.15, 0.2) is 5.69 Å². The summed E-state index contributed by atoms with van der Waals surface area (Å²) >= 11 is 0. The molecule has 1 aromatic rings. The van der Waals surface area contributed by atoms with Crippen molar-refractivity contribution in [2.75, 3.05) is 11.9 Å². The second-order valence-electron chi connectivity index (χ2n) is 3.81. The number of rotatable bonds is 5. The van der Waals surface area contributed by atoms with Gasteiger partial charge in [0.2, 0.25) is 0 Å². The van der Waals surface area contributed by atoms with Crippen LogP contribution in [0.4, 0.5) is 5.82 Å². The Morgan fingerprint density at radius 2 is 2.19 bits per heavy atom. The number of aromatic nitrogens is 2. The summed E-state index contributed by atoms with van der Waals surface area (Å²) in [6.07, 6.45) is 0.612. The second-order valence-corrected chi connectivity index (χ2v) is 3.81. The van der Waals surface area contributed by atoms with Crippen LogP contribution in [0.15, 0.2) is 12.1 Å². The predicted molar refractivity (Wildman–Crippen MR) is 58.4 cm³/mol. The average Bonchev–Trinajstić information content (AvgIpc) is 2.27. The molecule has 0 saturated heterocycles. The van der Waals surface area contributed by atoms with Gasteiger partial charge >= 0.3 is 5.97 Å². The second kappa shape index (κ2) is 4.89. The van der Waals surface area contributed by atoms with E-state index in [0.717, 1.165) is 0 Å². The number of carboxylic acid groups (broad SMARTS) is 1. The molecule has 1 unspecified atom stereocenters. The molecule has 0 aliphatic carbocycles. The summed E-state index contributed by atoms with van der Waals surface area (Å²) in [5.41, 5.74) is -0.916. The van der Waals surface area contributed by atoms with Crippen LogP contribution in [0.25, 0.3) is 0 Å². The maximum absolute atomic E-state index is 10.5. The molecule has 1 heterocycles. The number of aliphatic hydroxyl groups is 1. The zero-order valence-electron chi connectivity index (χ0n) is 9.27. The van der Waals surface area contributed by atoms with E-state index in [2.05, 4.69) is 15.5 Å². The van der Waals surface area contributed by atoms with E-state index in [-0.39, 0.29) is 5.69 Å². The lowest BCUT2D eigenvalue weighted by atomic mass is 10.0. The molecule has 0 fully saturated rings. The third-order valence-electron chi connectivity index (χ3n) is 2.30. The average molecular weight is 225 g/mol. The zero-order chi connectivity index (χ0) is 12.2. The number of nitrogens with zero attached hydrogens (tertiary/aromatic N) is 2. The number of nitrogens with one attached hydrogen (secondary N) is 1. The smallest absolute Gasteiger partial charge is 0.356 e. The SMILES string of the molecule is CCC(C)(O)CNc1ccc(C(=O)O)nn1. The first-order valence-electron chi connectivity index (χ1n) is 4.98. The van der Waals surface area contributed by atoms with Gasteiger partial charge in [-0.2, -0.15) is 0 Å². The van der Waals surface area contributed by atoms with Crippen molar-refractivity contribution < 1.29 is 15.0 Å². The Balaban J connectivity index is 2.59. The first-order valence-corrected chi connectivity index (χ1v) is 4.98. The minimum Gasteiger partial charge on any atom is -0.476 e. The van der Waals surface area contributed by atoms with Crippen LogP contribution in [0.2, 0.25) is 0 Å². The third-order valence-corrected chi connectivity index (χ3v) is 2.30. The minimum absolute atomic E-state index is 0.104. The molecule has 0 bridgehead atoms. The lowest BCUT2D eigenvalue weighted by molar-refractivity contribution is 0.0681. The van der Waals surface area contributed by atoms with Gasteiger partial charge in [0.05, 0.1) is 5.60 Å². The van der Waals surface area contributed by atoms with E-state index >= 15 is 0 Å². The molecule has 16 heavy (non-hydrogen) atoms. The highest BCUT2D eigenvalue weighted by Crippen LogP contribution is 2.10. The number of hydrogen-bond donors (Lipinski definition) is 3. The molecule has 88 valence electrons. The van der Waals surface area contributed by atoms with E-state index in [1.807, 2.05) is 6.92 Å². The molecule has 3 N–H and O–H groups in total. The molecule has 6 heteroatoms. The molecular weight excluding hydrogens is 210 g/mol. The number of hydrogen-bond acceptors (Lipinski definition) is 5. The number of anilines is 1. The fourth-order valence-electron chi connectivity index (χ4n) is 0.947. The number of aromatic carboxylic acids is 1. The molecule has 1 atom stereocenters. The minimum atomic E-state index is -1.11. The fraction of sp³-hybridized carbons (Fsp3) is 0.500. The molecule has 0 spiro atoms. The van der Waals surface area contributed by atoms with Crippen molar-refractivity contribution in [1.82, 2.24) is 10.2 Å². The highest BCUT2D eigenvalue weighted by atomic mass is 16.4. The Morgan fingerprint density at radius 3 is 2.62 bits per heavy atom. The van der Waals surface area contributed by atoms with Crippen molar-refractivity contribution in [3.63, 3.8) is 0 Å². The normalized spacial score (nSPS) is 14.2. The third kappa shape index (κ3) is 3.47. The Hall–Kier alpha value is -1.69. The zero-order valence-corrected chi connectivity index (χ0v) is 9.27. The summed E-state index contributed by atoms with van der Waals surface area (Å²) in [6.45, 7) is 3.92. The van der Waals surface area contributed by atoms with Crippen molar-refractivity contribution in [3.05, 3.63) is 17.8 Å². The van der Waals surface area contributed by atoms with Crippen molar-refractivity contribution in [2.24, 2.45) is 0 Å². The molecule has 0 aliphatic rings. The maximum atomic E-state index is 10.5. The molecule has 0 aromatic carbocycles. The van der Waals surface area contributed by atoms with Gasteiger partial charge in [-0.15, -0.1) is 10.2 Å². The van der Waals surface area contributed by atoms with Crippen LogP contribution in [0.5, 0.6) is 0 Å². The largest absolute Gasteiger partial charge is 0.476 e. The van der Waals surface area contributed by atoms with Gasteiger partial charge in [-0.1, -0.05) is 6.92 Å². The van der Waals surface area contributed by atoms with E-state index in [4.69, 9.17) is 5.11 Å².